The van der Waals surface area contributed by atoms with Crippen LogP contribution < -0.4 is 4.74 Å². The number of rotatable bonds is 1. The second-order valence-corrected chi connectivity index (χ2v) is 2.64. The normalized spacial score (nSPS) is 10.7. The van der Waals surface area contributed by atoms with Gasteiger partial charge in [-0.15, -0.1) is 0 Å². The first kappa shape index (κ1) is 12.0. The third kappa shape index (κ3) is 2.70. The van der Waals surface area contributed by atoms with Crippen LogP contribution in [0.3, 0.4) is 0 Å². The van der Waals surface area contributed by atoms with Gasteiger partial charge in [-0.2, -0.15) is 18.4 Å². The molecule has 84 valence electrons. The van der Waals surface area contributed by atoms with Crippen LogP contribution in [0.4, 0.5) is 17.6 Å². The third-order valence-corrected chi connectivity index (χ3v) is 1.50. The van der Waals surface area contributed by atoms with Crippen molar-refractivity contribution in [1.82, 2.24) is 0 Å². The highest BCUT2D eigenvalue weighted by molar-refractivity contribution is 5.78. The number of halogens is 4. The van der Waals surface area contributed by atoms with Crippen molar-refractivity contribution in [1.29, 1.82) is 5.26 Å². The molecule has 7 heteroatoms. The molecule has 0 amide bonds. The van der Waals surface area contributed by atoms with E-state index in [9.17, 15) is 22.4 Å². The first-order valence-electron chi connectivity index (χ1n) is 3.83. The molecule has 1 aromatic rings. The summed E-state index contributed by atoms with van der Waals surface area (Å²) < 4.78 is 52.0. The van der Waals surface area contributed by atoms with Gasteiger partial charge in [0, 0.05) is 6.07 Å². The van der Waals surface area contributed by atoms with Gasteiger partial charge in [-0.3, -0.25) is 0 Å². The lowest BCUT2D eigenvalue weighted by atomic mass is 10.2. The highest BCUT2D eigenvalue weighted by Crippen LogP contribution is 2.21. The van der Waals surface area contributed by atoms with Crippen molar-refractivity contribution in [2.45, 2.75) is 6.18 Å². The molecule has 0 atom stereocenters. The molecule has 3 nitrogen and oxygen atoms in total. The van der Waals surface area contributed by atoms with Crippen LogP contribution in [0.25, 0.3) is 0 Å². The van der Waals surface area contributed by atoms with Crippen LogP contribution in [-0.2, 0) is 4.79 Å². The Labute approximate surface area is 86.9 Å². The number of carbonyl (C=O) groups is 1. The lowest BCUT2D eigenvalue weighted by Gasteiger charge is -2.06. The van der Waals surface area contributed by atoms with Crippen LogP contribution >= 0.6 is 0 Å². The van der Waals surface area contributed by atoms with Gasteiger partial charge in [-0.25, -0.2) is 9.18 Å². The van der Waals surface area contributed by atoms with E-state index in [2.05, 4.69) is 4.74 Å². The number of carbonyl (C=O) groups excluding carboxylic acids is 1. The van der Waals surface area contributed by atoms with Crippen LogP contribution in [0.2, 0.25) is 0 Å². The molecule has 0 unspecified atom stereocenters. The fourth-order valence-corrected chi connectivity index (χ4v) is 0.815. The molecule has 0 bridgehead atoms. The lowest BCUT2D eigenvalue weighted by Crippen LogP contribution is -2.28. The quantitative estimate of drug-likeness (QED) is 0.424. The van der Waals surface area contributed by atoms with E-state index >= 15 is 0 Å². The maximum Gasteiger partial charge on any atom is 0.491 e. The van der Waals surface area contributed by atoms with Gasteiger partial charge in [-0.1, -0.05) is 0 Å². The number of ether oxygens (including phenoxy) is 1. The monoisotopic (exact) mass is 233 g/mol. The van der Waals surface area contributed by atoms with Crippen molar-refractivity contribution in [2.24, 2.45) is 0 Å². The molecule has 0 N–H and O–H groups in total. The number of nitrogens with zero attached hydrogens (tertiary/aromatic N) is 1. The van der Waals surface area contributed by atoms with E-state index in [1.54, 1.807) is 0 Å². The van der Waals surface area contributed by atoms with Gasteiger partial charge in [0.1, 0.15) is 17.6 Å². The predicted octanol–water partition coefficient (Wildman–Crippen LogP) is 2.17. The second-order valence-electron chi connectivity index (χ2n) is 2.64. The predicted molar refractivity (Wildman–Crippen MR) is 42.8 cm³/mol. The van der Waals surface area contributed by atoms with E-state index in [-0.39, 0.29) is 5.56 Å². The van der Waals surface area contributed by atoms with Crippen LogP contribution in [0.1, 0.15) is 5.56 Å². The number of hydrogen-bond donors (Lipinski definition) is 0. The minimum atomic E-state index is -5.15. The van der Waals surface area contributed by atoms with E-state index in [4.69, 9.17) is 5.26 Å². The fourth-order valence-electron chi connectivity index (χ4n) is 0.815. The molecule has 16 heavy (non-hydrogen) atoms. The third-order valence-electron chi connectivity index (χ3n) is 1.50. The number of esters is 1. The summed E-state index contributed by atoms with van der Waals surface area (Å²) in [6.07, 6.45) is -5.15. The minimum absolute atomic E-state index is 0.355. The van der Waals surface area contributed by atoms with Gasteiger partial charge in [0.05, 0.1) is 5.56 Å². The van der Waals surface area contributed by atoms with E-state index < -0.39 is 23.7 Å². The van der Waals surface area contributed by atoms with Gasteiger partial charge < -0.3 is 4.74 Å². The fraction of sp³-hybridized carbons (Fsp3) is 0.111. The van der Waals surface area contributed by atoms with Crippen LogP contribution in [0, 0.1) is 17.1 Å². The Hall–Kier alpha value is -2.10. The topological polar surface area (TPSA) is 50.1 Å². The smallest absolute Gasteiger partial charge is 0.420 e. The number of nitriles is 1. The zero-order valence-electron chi connectivity index (χ0n) is 7.51. The van der Waals surface area contributed by atoms with Crippen molar-refractivity contribution in [3.8, 4) is 11.8 Å². The van der Waals surface area contributed by atoms with E-state index in [0.717, 1.165) is 12.1 Å². The van der Waals surface area contributed by atoms with Crippen LogP contribution in [-0.4, -0.2) is 12.1 Å². The second kappa shape index (κ2) is 4.18. The van der Waals surface area contributed by atoms with Crippen molar-refractivity contribution in [3.63, 3.8) is 0 Å². The maximum atomic E-state index is 12.9. The maximum absolute atomic E-state index is 12.9. The summed E-state index contributed by atoms with van der Waals surface area (Å²) in [5.41, 5.74) is -0.355. The molecule has 0 saturated heterocycles. The molecule has 0 aromatic heterocycles. The lowest BCUT2D eigenvalue weighted by molar-refractivity contribution is -0.189. The number of hydrogen-bond acceptors (Lipinski definition) is 3. The summed E-state index contributed by atoms with van der Waals surface area (Å²) in [5.74, 6) is -4.12. The van der Waals surface area contributed by atoms with Gasteiger partial charge in [0.15, 0.2) is 0 Å². The Morgan fingerprint density at radius 3 is 2.44 bits per heavy atom. The molecular weight excluding hydrogens is 230 g/mol. The zero-order chi connectivity index (χ0) is 12.3. The van der Waals surface area contributed by atoms with Crippen molar-refractivity contribution < 1.29 is 27.1 Å². The first-order chi connectivity index (χ1) is 7.34. The molecule has 0 aliphatic rings. The number of alkyl halides is 3. The Balaban J connectivity index is 2.89. The molecule has 1 aromatic carbocycles. The van der Waals surface area contributed by atoms with Gasteiger partial charge >= 0.3 is 12.1 Å². The number of benzene rings is 1. The summed E-state index contributed by atoms with van der Waals surface area (Å²) in [5, 5.41) is 8.34. The van der Waals surface area contributed by atoms with E-state index in [0.29, 0.717) is 6.07 Å². The van der Waals surface area contributed by atoms with Crippen molar-refractivity contribution in [3.05, 3.63) is 29.6 Å². The zero-order valence-corrected chi connectivity index (χ0v) is 7.51. The average Bonchev–Trinajstić information content (AvgIpc) is 2.16. The van der Waals surface area contributed by atoms with Gasteiger partial charge in [0.25, 0.3) is 0 Å². The molecule has 0 fully saturated rings. The summed E-state index contributed by atoms with van der Waals surface area (Å²) in [6.45, 7) is 0. The van der Waals surface area contributed by atoms with Crippen molar-refractivity contribution in [2.75, 3.05) is 0 Å². The molecule has 0 aliphatic heterocycles. The Morgan fingerprint density at radius 2 is 2.00 bits per heavy atom. The highest BCUT2D eigenvalue weighted by atomic mass is 19.4. The van der Waals surface area contributed by atoms with Gasteiger partial charge in [-0.05, 0) is 12.1 Å². The van der Waals surface area contributed by atoms with Crippen molar-refractivity contribution >= 4 is 5.97 Å². The summed E-state index contributed by atoms with van der Waals surface area (Å²) >= 11 is 0. The van der Waals surface area contributed by atoms with Crippen LogP contribution in [0.5, 0.6) is 5.75 Å². The van der Waals surface area contributed by atoms with E-state index in [1.165, 1.54) is 6.07 Å². The van der Waals surface area contributed by atoms with E-state index in [1.807, 2.05) is 0 Å². The minimum Gasteiger partial charge on any atom is -0.420 e. The molecule has 0 spiro atoms. The molecule has 1 rings (SSSR count). The molecule has 0 heterocycles. The van der Waals surface area contributed by atoms with Crippen LogP contribution in [0.15, 0.2) is 18.2 Å². The molecule has 0 radical (unpaired) electrons. The average molecular weight is 233 g/mol. The molecule has 0 saturated carbocycles. The Morgan fingerprint density at radius 1 is 1.38 bits per heavy atom. The molecule has 0 aliphatic carbocycles. The summed E-state index contributed by atoms with van der Waals surface area (Å²) in [6, 6.07) is 3.80. The van der Waals surface area contributed by atoms with Gasteiger partial charge in [0.2, 0.25) is 0 Å². The SMILES string of the molecule is N#Cc1ccc(OC(=O)C(F)(F)F)cc1F. The summed E-state index contributed by atoms with van der Waals surface area (Å²) in [4.78, 5) is 10.4. The highest BCUT2D eigenvalue weighted by Gasteiger charge is 2.41. The first-order valence-corrected chi connectivity index (χ1v) is 3.83. The standard InChI is InChI=1S/C9H3F4NO2/c10-7-3-6(2-1-5(7)4-14)16-8(15)9(11,12)13/h1-3H. The largest absolute Gasteiger partial charge is 0.491 e. The summed E-state index contributed by atoms with van der Waals surface area (Å²) in [7, 11) is 0. The molecular formula is C9H3F4NO2. The Kier molecular flexibility index (Phi) is 3.13. The Bertz CT molecular complexity index is 462.